The SMILES string of the molecule is CCOc1ccc(CCc2ccc(OCCC(C)CCOc3ccc(CCc4ccc(C)c(F)c4F)cc3)cc2)c(F)c1F. The van der Waals surface area contributed by atoms with Crippen molar-refractivity contribution in [1.29, 1.82) is 0 Å². The summed E-state index contributed by atoms with van der Waals surface area (Å²) in [7, 11) is 0. The number of halogens is 4. The molecule has 0 radical (unpaired) electrons. The Hall–Kier alpha value is -4.00. The topological polar surface area (TPSA) is 27.7 Å². The third kappa shape index (κ3) is 9.25. The number of hydrogen-bond acceptors (Lipinski definition) is 3. The van der Waals surface area contributed by atoms with Gasteiger partial charge in [0, 0.05) is 0 Å². The van der Waals surface area contributed by atoms with E-state index in [-0.39, 0.29) is 12.4 Å². The van der Waals surface area contributed by atoms with Crippen molar-refractivity contribution in [3.8, 4) is 17.2 Å². The molecule has 4 aromatic carbocycles. The third-order valence-electron chi connectivity index (χ3n) is 7.75. The van der Waals surface area contributed by atoms with Crippen LogP contribution in [0.5, 0.6) is 17.2 Å². The molecule has 0 aliphatic heterocycles. The molecule has 0 amide bonds. The summed E-state index contributed by atoms with van der Waals surface area (Å²) in [5.74, 6) is -1.42. The number of hydrogen-bond donors (Lipinski definition) is 0. The van der Waals surface area contributed by atoms with Gasteiger partial charge in [-0.3, -0.25) is 0 Å². The average molecular weight is 609 g/mol. The van der Waals surface area contributed by atoms with Gasteiger partial charge in [0.15, 0.2) is 23.2 Å². The zero-order valence-corrected chi connectivity index (χ0v) is 25.6. The summed E-state index contributed by atoms with van der Waals surface area (Å²) in [6.45, 7) is 6.89. The van der Waals surface area contributed by atoms with E-state index in [9.17, 15) is 17.6 Å². The van der Waals surface area contributed by atoms with E-state index in [1.54, 1.807) is 32.0 Å². The molecule has 1 atom stereocenters. The molecular formula is C37H40F4O3. The van der Waals surface area contributed by atoms with Gasteiger partial charge in [-0.25, -0.2) is 13.2 Å². The summed E-state index contributed by atoms with van der Waals surface area (Å²) in [4.78, 5) is 0. The molecule has 44 heavy (non-hydrogen) atoms. The van der Waals surface area contributed by atoms with Crippen molar-refractivity contribution in [1.82, 2.24) is 0 Å². The molecule has 234 valence electrons. The van der Waals surface area contributed by atoms with Gasteiger partial charge in [-0.05, 0) is 116 Å². The van der Waals surface area contributed by atoms with E-state index in [0.29, 0.717) is 61.5 Å². The largest absolute Gasteiger partial charge is 0.494 e. The molecule has 0 aromatic heterocycles. The van der Waals surface area contributed by atoms with Crippen LogP contribution in [-0.4, -0.2) is 19.8 Å². The lowest BCUT2D eigenvalue weighted by Gasteiger charge is -2.14. The molecule has 0 saturated heterocycles. The minimum atomic E-state index is -0.937. The number of benzene rings is 4. The molecule has 0 aliphatic rings. The Balaban J connectivity index is 1.11. The highest BCUT2D eigenvalue weighted by Gasteiger charge is 2.14. The molecule has 0 aliphatic carbocycles. The maximum absolute atomic E-state index is 14.3. The fraction of sp³-hybridized carbons (Fsp3) is 0.351. The van der Waals surface area contributed by atoms with E-state index in [1.807, 2.05) is 48.5 Å². The van der Waals surface area contributed by atoms with Crippen molar-refractivity contribution in [2.75, 3.05) is 19.8 Å². The van der Waals surface area contributed by atoms with Gasteiger partial charge >= 0.3 is 0 Å². The quantitative estimate of drug-likeness (QED) is 0.119. The predicted molar refractivity (Wildman–Crippen MR) is 166 cm³/mol. The second kappa shape index (κ2) is 16.2. The van der Waals surface area contributed by atoms with Crippen molar-refractivity contribution in [2.24, 2.45) is 5.92 Å². The molecule has 0 heterocycles. The fourth-order valence-electron chi connectivity index (χ4n) is 4.87. The second-order valence-corrected chi connectivity index (χ2v) is 11.1. The maximum atomic E-state index is 14.3. The maximum Gasteiger partial charge on any atom is 0.200 e. The highest BCUT2D eigenvalue weighted by atomic mass is 19.2. The summed E-state index contributed by atoms with van der Waals surface area (Å²) in [6.07, 6.45) is 3.77. The van der Waals surface area contributed by atoms with Crippen molar-refractivity contribution in [3.05, 3.63) is 124 Å². The van der Waals surface area contributed by atoms with E-state index < -0.39 is 23.3 Å². The van der Waals surface area contributed by atoms with Crippen LogP contribution in [0.3, 0.4) is 0 Å². The average Bonchev–Trinajstić information content (AvgIpc) is 3.03. The zero-order chi connectivity index (χ0) is 31.5. The first-order chi connectivity index (χ1) is 21.2. The van der Waals surface area contributed by atoms with Gasteiger partial charge in [0.25, 0.3) is 0 Å². The lowest BCUT2D eigenvalue weighted by atomic mass is 10.0. The highest BCUT2D eigenvalue weighted by Crippen LogP contribution is 2.25. The zero-order valence-electron chi connectivity index (χ0n) is 25.6. The molecular weight excluding hydrogens is 568 g/mol. The van der Waals surface area contributed by atoms with Gasteiger partial charge < -0.3 is 14.2 Å². The Morgan fingerprint density at radius 2 is 1.02 bits per heavy atom. The summed E-state index contributed by atoms with van der Waals surface area (Å²) >= 11 is 0. The van der Waals surface area contributed by atoms with E-state index in [1.165, 1.54) is 6.07 Å². The van der Waals surface area contributed by atoms with E-state index >= 15 is 0 Å². The molecule has 4 rings (SSSR count). The van der Waals surface area contributed by atoms with Crippen LogP contribution in [0.25, 0.3) is 0 Å². The van der Waals surface area contributed by atoms with Gasteiger partial charge in [0.05, 0.1) is 19.8 Å². The predicted octanol–water partition coefficient (Wildman–Crippen LogP) is 9.39. The monoisotopic (exact) mass is 608 g/mol. The molecule has 0 saturated carbocycles. The lowest BCUT2D eigenvalue weighted by molar-refractivity contribution is 0.245. The summed E-state index contributed by atoms with van der Waals surface area (Å²) in [6, 6.07) is 21.7. The molecule has 4 aromatic rings. The van der Waals surface area contributed by atoms with Crippen molar-refractivity contribution in [3.63, 3.8) is 0 Å². The van der Waals surface area contributed by atoms with E-state index in [0.717, 1.165) is 35.5 Å². The Labute approximate surface area is 257 Å². The van der Waals surface area contributed by atoms with Crippen LogP contribution in [-0.2, 0) is 25.7 Å². The Bertz CT molecular complexity index is 1490. The summed E-state index contributed by atoms with van der Waals surface area (Å²) in [5, 5.41) is 0. The summed E-state index contributed by atoms with van der Waals surface area (Å²) < 4.78 is 73.3. The van der Waals surface area contributed by atoms with E-state index in [4.69, 9.17) is 14.2 Å². The van der Waals surface area contributed by atoms with Crippen LogP contribution >= 0.6 is 0 Å². The minimum absolute atomic E-state index is 0.0613. The Morgan fingerprint density at radius 3 is 1.52 bits per heavy atom. The van der Waals surface area contributed by atoms with Crippen LogP contribution < -0.4 is 14.2 Å². The van der Waals surface area contributed by atoms with Crippen LogP contribution in [0.15, 0.2) is 72.8 Å². The lowest BCUT2D eigenvalue weighted by Crippen LogP contribution is -2.08. The standard InChI is InChI=1S/C37H40F4O3/c1-4-42-33-20-15-30(36(40)37(33)41)14-7-28-10-18-32(19-11-28)44-24-22-25(2)21-23-43-31-16-8-27(9-17-31)6-13-29-12-5-26(3)34(38)35(29)39/h5,8-12,15-20,25H,4,6-7,13-14,21-24H2,1-3H3. The Morgan fingerprint density at radius 1 is 0.545 bits per heavy atom. The first-order valence-electron chi connectivity index (χ1n) is 15.2. The van der Waals surface area contributed by atoms with Crippen LogP contribution in [0.4, 0.5) is 17.6 Å². The molecule has 0 N–H and O–H groups in total. The molecule has 0 spiro atoms. The van der Waals surface area contributed by atoms with Crippen LogP contribution in [0.1, 0.15) is 54.5 Å². The first kappa shape index (κ1) is 32.9. The second-order valence-electron chi connectivity index (χ2n) is 11.1. The van der Waals surface area contributed by atoms with E-state index in [2.05, 4.69) is 6.92 Å². The minimum Gasteiger partial charge on any atom is -0.494 e. The third-order valence-corrected chi connectivity index (χ3v) is 7.75. The van der Waals surface area contributed by atoms with Gasteiger partial charge in [-0.15, -0.1) is 0 Å². The summed E-state index contributed by atoms with van der Waals surface area (Å²) in [5.41, 5.74) is 3.07. The molecule has 0 fully saturated rings. The van der Waals surface area contributed by atoms with Crippen molar-refractivity contribution >= 4 is 0 Å². The van der Waals surface area contributed by atoms with Gasteiger partial charge in [0.2, 0.25) is 5.82 Å². The fourth-order valence-corrected chi connectivity index (χ4v) is 4.87. The normalized spacial score (nSPS) is 11.8. The number of ether oxygens (including phenoxy) is 3. The smallest absolute Gasteiger partial charge is 0.200 e. The van der Waals surface area contributed by atoms with Gasteiger partial charge in [-0.1, -0.05) is 49.4 Å². The number of rotatable bonds is 16. The Kier molecular flexibility index (Phi) is 12.1. The first-order valence-corrected chi connectivity index (χ1v) is 15.2. The highest BCUT2D eigenvalue weighted by molar-refractivity contribution is 5.33. The molecule has 3 nitrogen and oxygen atoms in total. The van der Waals surface area contributed by atoms with Gasteiger partial charge in [0.1, 0.15) is 11.5 Å². The molecule has 7 heteroatoms. The molecule has 1 unspecified atom stereocenters. The van der Waals surface area contributed by atoms with Gasteiger partial charge in [-0.2, -0.15) is 4.39 Å². The van der Waals surface area contributed by atoms with Crippen LogP contribution in [0.2, 0.25) is 0 Å². The van der Waals surface area contributed by atoms with Crippen molar-refractivity contribution < 1.29 is 31.8 Å². The molecule has 0 bridgehead atoms. The van der Waals surface area contributed by atoms with Crippen molar-refractivity contribution in [2.45, 2.75) is 59.3 Å². The van der Waals surface area contributed by atoms with Crippen LogP contribution in [0, 0.1) is 36.1 Å². The number of aryl methyl sites for hydroxylation is 5.